The van der Waals surface area contributed by atoms with Gasteiger partial charge in [-0.05, 0) is 5.92 Å². The van der Waals surface area contributed by atoms with E-state index in [1.165, 1.54) is 77.0 Å². The monoisotopic (exact) mass is 256 g/mol. The molecular formula is C18H40. The summed E-state index contributed by atoms with van der Waals surface area (Å²) >= 11 is 0. The van der Waals surface area contributed by atoms with Crippen LogP contribution in [-0.4, -0.2) is 0 Å². The quantitative estimate of drug-likeness (QED) is 0.338. The molecule has 18 heavy (non-hydrogen) atoms. The second-order valence-corrected chi connectivity index (χ2v) is 6.01. The average molecular weight is 257 g/mol. The van der Waals surface area contributed by atoms with E-state index in [0.717, 1.165) is 5.92 Å². The SMILES string of the molecule is CCCCCCCC.CCCCCCCC(C)C. The highest BCUT2D eigenvalue weighted by atomic mass is 14.0. The third-order valence-electron chi connectivity index (χ3n) is 3.34. The Balaban J connectivity index is 0. The maximum absolute atomic E-state index is 2.31. The van der Waals surface area contributed by atoms with Crippen LogP contribution in [0.5, 0.6) is 0 Å². The van der Waals surface area contributed by atoms with Crippen LogP contribution in [0.4, 0.5) is 0 Å². The van der Waals surface area contributed by atoms with Crippen LogP contribution >= 0.6 is 0 Å². The Bertz CT molecular complexity index is 109. The molecule has 0 aliphatic carbocycles. The highest BCUT2D eigenvalue weighted by Gasteiger charge is 1.92. The van der Waals surface area contributed by atoms with Crippen LogP contribution in [0.25, 0.3) is 0 Å². The van der Waals surface area contributed by atoms with Gasteiger partial charge in [0, 0.05) is 0 Å². The fourth-order valence-electron chi connectivity index (χ4n) is 2.01. The van der Waals surface area contributed by atoms with E-state index in [1.807, 2.05) is 0 Å². The molecule has 0 aromatic carbocycles. The summed E-state index contributed by atoms with van der Waals surface area (Å²) in [6, 6.07) is 0. The van der Waals surface area contributed by atoms with Crippen LogP contribution in [0.2, 0.25) is 0 Å². The molecule has 0 aromatic heterocycles. The molecule has 0 unspecified atom stereocenters. The van der Waals surface area contributed by atoms with Crippen LogP contribution in [0.1, 0.15) is 112 Å². The van der Waals surface area contributed by atoms with Crippen LogP contribution in [0.3, 0.4) is 0 Å². The van der Waals surface area contributed by atoms with Gasteiger partial charge >= 0.3 is 0 Å². The summed E-state index contributed by atoms with van der Waals surface area (Å²) in [5.41, 5.74) is 0. The van der Waals surface area contributed by atoms with Gasteiger partial charge in [0.15, 0.2) is 0 Å². The van der Waals surface area contributed by atoms with Crippen molar-refractivity contribution in [3.63, 3.8) is 0 Å². The first-order chi connectivity index (χ1) is 8.68. The van der Waals surface area contributed by atoms with Gasteiger partial charge in [0.2, 0.25) is 0 Å². The summed E-state index contributed by atoms with van der Waals surface area (Å²) in [5.74, 6) is 0.904. The second-order valence-electron chi connectivity index (χ2n) is 6.01. The average Bonchev–Trinajstić information content (AvgIpc) is 2.35. The molecule has 0 saturated carbocycles. The van der Waals surface area contributed by atoms with E-state index >= 15 is 0 Å². The van der Waals surface area contributed by atoms with E-state index in [2.05, 4.69) is 34.6 Å². The molecule has 0 radical (unpaired) electrons. The number of unbranched alkanes of at least 4 members (excludes halogenated alkanes) is 9. The molecule has 0 atom stereocenters. The standard InChI is InChI=1S/C10H22.C8H18/c1-4-5-6-7-8-9-10(2)3;1-3-5-7-8-6-4-2/h10H,4-9H2,1-3H3;3-8H2,1-2H3. The van der Waals surface area contributed by atoms with Crippen molar-refractivity contribution in [2.45, 2.75) is 112 Å². The van der Waals surface area contributed by atoms with Crippen LogP contribution in [0.15, 0.2) is 0 Å². The van der Waals surface area contributed by atoms with Crippen molar-refractivity contribution in [3.05, 3.63) is 0 Å². The fraction of sp³-hybridized carbons (Fsp3) is 1.00. The summed E-state index contributed by atoms with van der Waals surface area (Å²) in [6.45, 7) is 11.4. The molecule has 0 amide bonds. The predicted molar refractivity (Wildman–Crippen MR) is 87.3 cm³/mol. The van der Waals surface area contributed by atoms with E-state index in [0.29, 0.717) is 0 Å². The summed E-state index contributed by atoms with van der Waals surface area (Å²) in [7, 11) is 0. The third-order valence-corrected chi connectivity index (χ3v) is 3.34. The highest BCUT2D eigenvalue weighted by Crippen LogP contribution is 2.09. The van der Waals surface area contributed by atoms with Crippen LogP contribution in [0, 0.1) is 5.92 Å². The molecule has 0 nitrogen and oxygen atoms in total. The van der Waals surface area contributed by atoms with Crippen molar-refractivity contribution in [2.24, 2.45) is 5.92 Å². The van der Waals surface area contributed by atoms with Gasteiger partial charge in [0.1, 0.15) is 0 Å². The second kappa shape index (κ2) is 19.3. The molecule has 0 rings (SSSR count). The van der Waals surface area contributed by atoms with Crippen LogP contribution < -0.4 is 0 Å². The Morgan fingerprint density at radius 2 is 0.833 bits per heavy atom. The molecule has 0 bridgehead atoms. The Labute approximate surface area is 118 Å². The van der Waals surface area contributed by atoms with Crippen molar-refractivity contribution in [2.75, 3.05) is 0 Å². The van der Waals surface area contributed by atoms with Crippen molar-refractivity contribution >= 4 is 0 Å². The van der Waals surface area contributed by atoms with E-state index in [9.17, 15) is 0 Å². The zero-order valence-corrected chi connectivity index (χ0v) is 14.1. The van der Waals surface area contributed by atoms with E-state index in [4.69, 9.17) is 0 Å². The number of hydrogen-bond donors (Lipinski definition) is 0. The van der Waals surface area contributed by atoms with Crippen molar-refractivity contribution < 1.29 is 0 Å². The smallest absolute Gasteiger partial charge is 0.0471 e. The predicted octanol–water partition coefficient (Wildman–Crippen LogP) is 7.37. The molecule has 0 fully saturated rings. The van der Waals surface area contributed by atoms with Crippen LogP contribution in [-0.2, 0) is 0 Å². The number of rotatable bonds is 11. The van der Waals surface area contributed by atoms with Crippen molar-refractivity contribution in [1.82, 2.24) is 0 Å². The number of hydrogen-bond acceptors (Lipinski definition) is 0. The molecular weight excluding hydrogens is 216 g/mol. The van der Waals surface area contributed by atoms with E-state index < -0.39 is 0 Å². The first kappa shape index (κ1) is 20.3. The lowest BCUT2D eigenvalue weighted by atomic mass is 10.0. The zero-order valence-electron chi connectivity index (χ0n) is 14.1. The lowest BCUT2D eigenvalue weighted by molar-refractivity contribution is 0.518. The Morgan fingerprint density at radius 3 is 1.11 bits per heavy atom. The third kappa shape index (κ3) is 25.0. The Morgan fingerprint density at radius 1 is 0.500 bits per heavy atom. The molecule has 0 aliphatic rings. The molecule has 0 aliphatic heterocycles. The molecule has 0 saturated heterocycles. The molecule has 0 heterocycles. The van der Waals surface area contributed by atoms with Gasteiger partial charge in [-0.3, -0.25) is 0 Å². The van der Waals surface area contributed by atoms with Gasteiger partial charge in [-0.2, -0.15) is 0 Å². The zero-order chi connectivity index (χ0) is 14.1. The van der Waals surface area contributed by atoms with Gasteiger partial charge in [-0.1, -0.05) is 112 Å². The maximum atomic E-state index is 2.31. The Hall–Kier alpha value is 0. The minimum absolute atomic E-state index is 0.904. The van der Waals surface area contributed by atoms with Gasteiger partial charge in [-0.15, -0.1) is 0 Å². The van der Waals surface area contributed by atoms with Gasteiger partial charge < -0.3 is 0 Å². The summed E-state index contributed by atoms with van der Waals surface area (Å²) in [4.78, 5) is 0. The summed E-state index contributed by atoms with van der Waals surface area (Å²) < 4.78 is 0. The lowest BCUT2D eigenvalue weighted by Gasteiger charge is -2.02. The normalized spacial score (nSPS) is 10.3. The summed E-state index contributed by atoms with van der Waals surface area (Å²) in [6.07, 6.45) is 17.0. The van der Waals surface area contributed by atoms with Gasteiger partial charge in [-0.25, -0.2) is 0 Å². The summed E-state index contributed by atoms with van der Waals surface area (Å²) in [5, 5.41) is 0. The largest absolute Gasteiger partial charge is 0.0654 e. The molecule has 0 aromatic rings. The minimum atomic E-state index is 0.904. The first-order valence-corrected chi connectivity index (χ1v) is 8.68. The van der Waals surface area contributed by atoms with Gasteiger partial charge in [0.25, 0.3) is 0 Å². The lowest BCUT2D eigenvalue weighted by Crippen LogP contribution is -1.86. The highest BCUT2D eigenvalue weighted by molar-refractivity contribution is 4.47. The first-order valence-electron chi connectivity index (χ1n) is 8.68. The molecule has 112 valence electrons. The maximum Gasteiger partial charge on any atom is -0.0471 e. The molecule has 0 spiro atoms. The Kier molecular flexibility index (Phi) is 21.8. The van der Waals surface area contributed by atoms with Crippen molar-refractivity contribution in [3.8, 4) is 0 Å². The van der Waals surface area contributed by atoms with E-state index in [1.54, 1.807) is 0 Å². The van der Waals surface area contributed by atoms with Gasteiger partial charge in [0.05, 0.1) is 0 Å². The van der Waals surface area contributed by atoms with E-state index in [-0.39, 0.29) is 0 Å². The van der Waals surface area contributed by atoms with Crippen molar-refractivity contribution in [1.29, 1.82) is 0 Å². The molecule has 0 N–H and O–H groups in total. The molecule has 0 heteroatoms. The minimum Gasteiger partial charge on any atom is -0.0654 e. The topological polar surface area (TPSA) is 0 Å². The fourth-order valence-corrected chi connectivity index (χ4v) is 2.01.